The summed E-state index contributed by atoms with van der Waals surface area (Å²) in [5, 5.41) is 6.00. The van der Waals surface area contributed by atoms with Gasteiger partial charge in [-0.2, -0.15) is 0 Å². The summed E-state index contributed by atoms with van der Waals surface area (Å²) in [5.74, 6) is 1.94. The van der Waals surface area contributed by atoms with Crippen molar-refractivity contribution in [1.82, 2.24) is 19.9 Å². The molecule has 0 fully saturated rings. The van der Waals surface area contributed by atoms with E-state index in [-0.39, 0.29) is 0 Å². The Hall–Kier alpha value is -6.52. The third-order valence-corrected chi connectivity index (χ3v) is 8.91. The molecule has 0 N–H and O–H groups in total. The van der Waals surface area contributed by atoms with E-state index >= 15 is 0 Å². The summed E-state index contributed by atoms with van der Waals surface area (Å²) in [4.78, 5) is 19.9. The van der Waals surface area contributed by atoms with Gasteiger partial charge in [0.25, 0.3) is 0 Å². The number of rotatable bonds is 5. The van der Waals surface area contributed by atoms with Crippen LogP contribution in [0.5, 0.6) is 0 Å². The quantitative estimate of drug-likeness (QED) is 0.181. The highest BCUT2D eigenvalue weighted by Crippen LogP contribution is 2.38. The van der Waals surface area contributed by atoms with Gasteiger partial charge in [0.05, 0.1) is 11.2 Å². The van der Waals surface area contributed by atoms with Crippen LogP contribution in [0, 0.1) is 0 Å². The fourth-order valence-electron chi connectivity index (χ4n) is 6.52. The van der Waals surface area contributed by atoms with Crippen LogP contribution in [0.3, 0.4) is 0 Å². The molecular weight excluding hydrogens is 585 g/mol. The van der Waals surface area contributed by atoms with Crippen molar-refractivity contribution in [3.63, 3.8) is 0 Å². The molecule has 0 radical (unpaired) electrons. The molecule has 0 spiro atoms. The average Bonchev–Trinajstić information content (AvgIpc) is 3.18. The molecule has 0 atom stereocenters. The molecule has 0 aliphatic rings. The van der Waals surface area contributed by atoms with Gasteiger partial charge >= 0.3 is 0 Å². The van der Waals surface area contributed by atoms with Crippen molar-refractivity contribution < 1.29 is 0 Å². The maximum absolute atomic E-state index is 5.28. The van der Waals surface area contributed by atoms with Gasteiger partial charge in [0.15, 0.2) is 17.5 Å². The van der Waals surface area contributed by atoms with Gasteiger partial charge in [-0.15, -0.1) is 0 Å². The van der Waals surface area contributed by atoms with E-state index in [4.69, 9.17) is 19.9 Å². The highest BCUT2D eigenvalue weighted by molar-refractivity contribution is 6.22. The topological polar surface area (TPSA) is 51.6 Å². The highest BCUT2D eigenvalue weighted by Gasteiger charge is 2.15. The van der Waals surface area contributed by atoms with Crippen LogP contribution < -0.4 is 0 Å². The summed E-state index contributed by atoms with van der Waals surface area (Å²) in [6.07, 6.45) is 0. The molecule has 0 saturated carbocycles. The fourth-order valence-corrected chi connectivity index (χ4v) is 6.52. The molecular formula is C44H28N4. The van der Waals surface area contributed by atoms with E-state index in [1.165, 1.54) is 16.2 Å². The highest BCUT2D eigenvalue weighted by atomic mass is 15.0. The van der Waals surface area contributed by atoms with E-state index < -0.39 is 0 Å². The molecule has 0 aliphatic carbocycles. The zero-order valence-electron chi connectivity index (χ0n) is 26.0. The molecule has 9 aromatic rings. The lowest BCUT2D eigenvalue weighted by Gasteiger charge is -2.14. The molecule has 9 rings (SSSR count). The lowest BCUT2D eigenvalue weighted by molar-refractivity contribution is 1.07. The summed E-state index contributed by atoms with van der Waals surface area (Å²) in [7, 11) is 0. The van der Waals surface area contributed by atoms with Gasteiger partial charge in [0, 0.05) is 38.4 Å². The molecule has 4 nitrogen and oxygen atoms in total. The Morgan fingerprint density at radius 2 is 0.771 bits per heavy atom. The van der Waals surface area contributed by atoms with Crippen LogP contribution >= 0.6 is 0 Å². The molecule has 0 bridgehead atoms. The second-order valence-electron chi connectivity index (χ2n) is 11.9. The maximum atomic E-state index is 5.28. The van der Waals surface area contributed by atoms with Crippen molar-refractivity contribution in [2.45, 2.75) is 0 Å². The Morgan fingerprint density at radius 3 is 1.40 bits per heavy atom. The summed E-state index contributed by atoms with van der Waals surface area (Å²) in [6.45, 7) is 0. The van der Waals surface area contributed by atoms with Crippen LogP contribution in [-0.2, 0) is 0 Å². The first kappa shape index (κ1) is 27.8. The first-order chi connectivity index (χ1) is 23.8. The van der Waals surface area contributed by atoms with E-state index in [9.17, 15) is 0 Å². The smallest absolute Gasteiger partial charge is 0.164 e. The number of pyridine rings is 1. The number of benzene rings is 7. The molecule has 0 saturated heterocycles. The van der Waals surface area contributed by atoms with Crippen LogP contribution in [0.4, 0.5) is 0 Å². The zero-order chi connectivity index (χ0) is 31.9. The minimum absolute atomic E-state index is 0.639. The number of aromatic nitrogens is 4. The van der Waals surface area contributed by atoms with Crippen molar-refractivity contribution in [2.24, 2.45) is 0 Å². The Balaban J connectivity index is 1.16. The molecule has 0 aliphatic heterocycles. The Kier molecular flexibility index (Phi) is 6.76. The van der Waals surface area contributed by atoms with Gasteiger partial charge in [-0.05, 0) is 28.0 Å². The molecule has 7 aromatic carbocycles. The average molecular weight is 613 g/mol. The van der Waals surface area contributed by atoms with Crippen molar-refractivity contribution >= 4 is 32.4 Å². The lowest BCUT2D eigenvalue weighted by atomic mass is 9.94. The second-order valence-corrected chi connectivity index (χ2v) is 11.9. The third kappa shape index (κ3) is 4.97. The Bertz CT molecular complexity index is 2520. The number of fused-ring (bicyclic) bond motifs is 5. The monoisotopic (exact) mass is 612 g/mol. The number of hydrogen-bond donors (Lipinski definition) is 0. The first-order valence-electron chi connectivity index (χ1n) is 16.1. The van der Waals surface area contributed by atoms with Gasteiger partial charge in [-0.1, -0.05) is 164 Å². The minimum atomic E-state index is 0.639. The first-order valence-corrected chi connectivity index (χ1v) is 16.1. The van der Waals surface area contributed by atoms with E-state index in [0.717, 1.165) is 55.4 Å². The van der Waals surface area contributed by atoms with Crippen LogP contribution in [0.25, 0.3) is 89.0 Å². The van der Waals surface area contributed by atoms with E-state index in [1.54, 1.807) is 0 Å². The largest absolute Gasteiger partial charge is 0.247 e. The van der Waals surface area contributed by atoms with Gasteiger partial charge in [0.1, 0.15) is 0 Å². The van der Waals surface area contributed by atoms with Crippen LogP contribution in [0.2, 0.25) is 0 Å². The summed E-state index contributed by atoms with van der Waals surface area (Å²) in [5.41, 5.74) is 8.11. The standard InChI is InChI=1S/C44H28N4/c1-4-13-31(14-5-1)41-38-27-24-30-12-10-11-19-36(30)40(38)37-26-25-35(28-39(37)45-41)29-20-22-34(23-21-29)44-47-42(32-15-6-2-7-16-32)46-43(48-44)33-17-8-3-9-18-33/h1-28H. The van der Waals surface area contributed by atoms with Crippen LogP contribution in [0.1, 0.15) is 0 Å². The van der Waals surface area contributed by atoms with E-state index in [1.807, 2.05) is 66.7 Å². The van der Waals surface area contributed by atoms with Crippen LogP contribution in [-0.4, -0.2) is 19.9 Å². The normalized spacial score (nSPS) is 11.3. The molecule has 4 heteroatoms. The zero-order valence-corrected chi connectivity index (χ0v) is 26.0. The predicted octanol–water partition coefficient (Wildman–Crippen LogP) is 11.1. The Morgan fingerprint density at radius 1 is 0.292 bits per heavy atom. The molecule has 0 unspecified atom stereocenters. The van der Waals surface area contributed by atoms with Gasteiger partial charge in [0.2, 0.25) is 0 Å². The third-order valence-electron chi connectivity index (χ3n) is 8.91. The molecule has 224 valence electrons. The maximum Gasteiger partial charge on any atom is 0.164 e. The van der Waals surface area contributed by atoms with Crippen molar-refractivity contribution in [3.8, 4) is 56.5 Å². The lowest BCUT2D eigenvalue weighted by Crippen LogP contribution is -2.00. The number of nitrogens with zero attached hydrogens (tertiary/aromatic N) is 4. The molecule has 2 heterocycles. The fraction of sp³-hybridized carbons (Fsp3) is 0. The van der Waals surface area contributed by atoms with Gasteiger partial charge in [-0.25, -0.2) is 19.9 Å². The van der Waals surface area contributed by atoms with Gasteiger partial charge in [-0.3, -0.25) is 0 Å². The van der Waals surface area contributed by atoms with Crippen LogP contribution in [0.15, 0.2) is 170 Å². The SMILES string of the molecule is c1ccc(-c2nc(-c3ccccc3)nc(-c3ccc(-c4ccc5c(c4)nc(-c4ccccc4)c4ccc6ccccc6c45)cc3)n2)cc1. The Labute approximate surface area is 278 Å². The molecule has 2 aromatic heterocycles. The van der Waals surface area contributed by atoms with Crippen molar-refractivity contribution in [3.05, 3.63) is 170 Å². The molecule has 0 amide bonds. The molecule has 48 heavy (non-hydrogen) atoms. The second kappa shape index (κ2) is 11.7. The number of hydrogen-bond acceptors (Lipinski definition) is 4. The van der Waals surface area contributed by atoms with E-state index in [2.05, 4.69) is 103 Å². The van der Waals surface area contributed by atoms with Crippen molar-refractivity contribution in [1.29, 1.82) is 0 Å². The summed E-state index contributed by atoms with van der Waals surface area (Å²) < 4.78 is 0. The van der Waals surface area contributed by atoms with Crippen molar-refractivity contribution in [2.75, 3.05) is 0 Å². The minimum Gasteiger partial charge on any atom is -0.247 e. The summed E-state index contributed by atoms with van der Waals surface area (Å²) >= 11 is 0. The predicted molar refractivity (Wildman–Crippen MR) is 197 cm³/mol. The summed E-state index contributed by atoms with van der Waals surface area (Å²) in [6, 6.07) is 58.7. The van der Waals surface area contributed by atoms with Gasteiger partial charge < -0.3 is 0 Å². The van der Waals surface area contributed by atoms with E-state index in [0.29, 0.717) is 17.5 Å².